The van der Waals surface area contributed by atoms with E-state index in [0.717, 1.165) is 25.4 Å². The molecule has 1 aromatic heterocycles. The molecule has 0 atom stereocenters. The summed E-state index contributed by atoms with van der Waals surface area (Å²) in [6.45, 7) is 6.66. The molecular weight excluding hydrogens is 246 g/mol. The van der Waals surface area contributed by atoms with Gasteiger partial charge in [0, 0.05) is 24.3 Å². The fraction of sp³-hybridized carbons (Fsp3) is 0.471. The third-order valence-corrected chi connectivity index (χ3v) is 4.02. The summed E-state index contributed by atoms with van der Waals surface area (Å²) < 4.78 is 2.29. The lowest BCUT2D eigenvalue weighted by Crippen LogP contribution is -2.02. The van der Waals surface area contributed by atoms with Crippen molar-refractivity contribution in [3.8, 4) is 11.3 Å². The number of nitrogens with zero attached hydrogens (tertiary/aromatic N) is 2. The molecule has 3 heteroatoms. The Morgan fingerprint density at radius 2 is 2.25 bits per heavy atom. The van der Waals surface area contributed by atoms with Gasteiger partial charge in [-0.05, 0) is 30.7 Å². The summed E-state index contributed by atoms with van der Waals surface area (Å²) in [5.74, 6) is 0.768. The molecule has 1 aliphatic heterocycles. The molecule has 1 aromatic carbocycles. The lowest BCUT2D eigenvalue weighted by atomic mass is 10.0. The molecule has 0 aliphatic carbocycles. The zero-order valence-corrected chi connectivity index (χ0v) is 12.4. The second kappa shape index (κ2) is 5.70. The first-order valence-electron chi connectivity index (χ1n) is 7.62. The van der Waals surface area contributed by atoms with Gasteiger partial charge in [0.2, 0.25) is 0 Å². The van der Waals surface area contributed by atoms with Crippen molar-refractivity contribution in [2.75, 3.05) is 11.9 Å². The maximum Gasteiger partial charge on any atom is 0.0950 e. The molecule has 106 valence electrons. The number of imidazole rings is 1. The number of anilines is 1. The van der Waals surface area contributed by atoms with Crippen LogP contribution in [0, 0.1) is 5.92 Å². The molecule has 0 amide bonds. The lowest BCUT2D eigenvalue weighted by molar-refractivity contribution is 0.513. The molecule has 2 heterocycles. The van der Waals surface area contributed by atoms with E-state index in [-0.39, 0.29) is 0 Å². The maximum atomic E-state index is 4.36. The molecule has 3 rings (SSSR count). The summed E-state index contributed by atoms with van der Waals surface area (Å²) in [7, 11) is 0. The minimum absolute atomic E-state index is 0.768. The number of nitrogens with one attached hydrogen (secondary N) is 1. The number of hydrogen-bond donors (Lipinski definition) is 1. The fourth-order valence-corrected chi connectivity index (χ4v) is 2.95. The Bertz CT molecular complexity index is 584. The standard InChI is InChI=1S/C17H23N3/c1-13(2)5-4-10-20-12-18-11-16(20)15-7-3-6-14-8-9-19-17(14)15/h3,6-7,11-13,19H,4-5,8-10H2,1-2H3. The third kappa shape index (κ3) is 2.58. The van der Waals surface area contributed by atoms with E-state index in [2.05, 4.69) is 46.9 Å². The van der Waals surface area contributed by atoms with E-state index in [4.69, 9.17) is 0 Å². The van der Waals surface area contributed by atoms with Crippen LogP contribution in [0.3, 0.4) is 0 Å². The van der Waals surface area contributed by atoms with Gasteiger partial charge in [0.1, 0.15) is 0 Å². The zero-order chi connectivity index (χ0) is 13.9. The Morgan fingerprint density at radius 1 is 1.35 bits per heavy atom. The molecule has 0 bridgehead atoms. The van der Waals surface area contributed by atoms with Crippen LogP contribution in [0.25, 0.3) is 11.3 Å². The van der Waals surface area contributed by atoms with E-state index in [1.54, 1.807) is 0 Å². The van der Waals surface area contributed by atoms with E-state index in [1.807, 2.05) is 12.5 Å². The molecule has 20 heavy (non-hydrogen) atoms. The molecular formula is C17H23N3. The Morgan fingerprint density at radius 3 is 3.10 bits per heavy atom. The highest BCUT2D eigenvalue weighted by atomic mass is 15.0. The maximum absolute atomic E-state index is 4.36. The zero-order valence-electron chi connectivity index (χ0n) is 12.4. The number of hydrogen-bond acceptors (Lipinski definition) is 2. The number of aromatic nitrogens is 2. The third-order valence-electron chi connectivity index (χ3n) is 4.02. The minimum atomic E-state index is 0.768. The van der Waals surface area contributed by atoms with Crippen molar-refractivity contribution in [1.82, 2.24) is 9.55 Å². The van der Waals surface area contributed by atoms with Crippen molar-refractivity contribution in [1.29, 1.82) is 0 Å². The number of para-hydroxylation sites is 1. The van der Waals surface area contributed by atoms with Gasteiger partial charge in [-0.3, -0.25) is 0 Å². The van der Waals surface area contributed by atoms with Crippen LogP contribution in [0.4, 0.5) is 5.69 Å². The topological polar surface area (TPSA) is 29.9 Å². The average molecular weight is 269 g/mol. The predicted octanol–water partition coefficient (Wildman–Crippen LogP) is 3.95. The average Bonchev–Trinajstić information content (AvgIpc) is 3.05. The monoisotopic (exact) mass is 269 g/mol. The number of fused-ring (bicyclic) bond motifs is 1. The highest BCUT2D eigenvalue weighted by molar-refractivity contribution is 5.79. The highest BCUT2D eigenvalue weighted by Gasteiger charge is 2.16. The van der Waals surface area contributed by atoms with Gasteiger partial charge in [0.25, 0.3) is 0 Å². The molecule has 0 radical (unpaired) electrons. The van der Waals surface area contributed by atoms with Gasteiger partial charge in [0.15, 0.2) is 0 Å². The molecule has 0 spiro atoms. The van der Waals surface area contributed by atoms with E-state index < -0.39 is 0 Å². The molecule has 1 aliphatic rings. The Kier molecular flexibility index (Phi) is 3.77. The Balaban J connectivity index is 1.85. The van der Waals surface area contributed by atoms with Gasteiger partial charge >= 0.3 is 0 Å². The van der Waals surface area contributed by atoms with Gasteiger partial charge < -0.3 is 9.88 Å². The van der Waals surface area contributed by atoms with Crippen molar-refractivity contribution >= 4 is 5.69 Å². The summed E-state index contributed by atoms with van der Waals surface area (Å²) >= 11 is 0. The highest BCUT2D eigenvalue weighted by Crippen LogP contribution is 2.34. The fourth-order valence-electron chi connectivity index (χ4n) is 2.95. The summed E-state index contributed by atoms with van der Waals surface area (Å²) in [6, 6.07) is 6.58. The second-order valence-corrected chi connectivity index (χ2v) is 6.02. The molecule has 0 saturated heterocycles. The van der Waals surface area contributed by atoms with Crippen molar-refractivity contribution in [3.05, 3.63) is 36.3 Å². The van der Waals surface area contributed by atoms with Crippen LogP contribution in [0.5, 0.6) is 0 Å². The van der Waals surface area contributed by atoms with Gasteiger partial charge in [-0.2, -0.15) is 0 Å². The van der Waals surface area contributed by atoms with Gasteiger partial charge in [-0.25, -0.2) is 4.98 Å². The van der Waals surface area contributed by atoms with Crippen molar-refractivity contribution < 1.29 is 0 Å². The van der Waals surface area contributed by atoms with E-state index in [1.165, 1.54) is 35.3 Å². The number of aryl methyl sites for hydroxylation is 1. The van der Waals surface area contributed by atoms with Crippen LogP contribution >= 0.6 is 0 Å². The van der Waals surface area contributed by atoms with Crippen molar-refractivity contribution in [2.24, 2.45) is 5.92 Å². The normalized spacial score (nSPS) is 13.6. The molecule has 1 N–H and O–H groups in total. The van der Waals surface area contributed by atoms with Gasteiger partial charge in [0.05, 0.1) is 18.2 Å². The van der Waals surface area contributed by atoms with Crippen LogP contribution in [-0.2, 0) is 13.0 Å². The van der Waals surface area contributed by atoms with E-state index in [0.29, 0.717) is 0 Å². The molecule has 0 unspecified atom stereocenters. The van der Waals surface area contributed by atoms with Gasteiger partial charge in [-0.15, -0.1) is 0 Å². The molecule has 2 aromatic rings. The van der Waals surface area contributed by atoms with Crippen LogP contribution in [0.1, 0.15) is 32.3 Å². The van der Waals surface area contributed by atoms with Crippen LogP contribution in [0.2, 0.25) is 0 Å². The van der Waals surface area contributed by atoms with E-state index in [9.17, 15) is 0 Å². The first-order chi connectivity index (χ1) is 9.75. The molecule has 0 saturated carbocycles. The quantitative estimate of drug-likeness (QED) is 0.890. The van der Waals surface area contributed by atoms with Crippen molar-refractivity contribution in [2.45, 2.75) is 39.7 Å². The van der Waals surface area contributed by atoms with Crippen LogP contribution in [-0.4, -0.2) is 16.1 Å². The summed E-state index contributed by atoms with van der Waals surface area (Å²) in [6.07, 6.45) is 7.56. The van der Waals surface area contributed by atoms with E-state index >= 15 is 0 Å². The first-order valence-corrected chi connectivity index (χ1v) is 7.62. The van der Waals surface area contributed by atoms with Crippen molar-refractivity contribution in [3.63, 3.8) is 0 Å². The number of rotatable bonds is 5. The summed E-state index contributed by atoms with van der Waals surface area (Å²) in [5, 5.41) is 3.52. The number of benzene rings is 1. The minimum Gasteiger partial charge on any atom is -0.384 e. The second-order valence-electron chi connectivity index (χ2n) is 6.02. The molecule has 3 nitrogen and oxygen atoms in total. The smallest absolute Gasteiger partial charge is 0.0950 e. The predicted molar refractivity (Wildman–Crippen MR) is 83.9 cm³/mol. The summed E-state index contributed by atoms with van der Waals surface area (Å²) in [4.78, 5) is 4.36. The Hall–Kier alpha value is -1.77. The first kappa shape index (κ1) is 13.2. The lowest BCUT2D eigenvalue weighted by Gasteiger charge is -2.12. The Labute approximate surface area is 121 Å². The SMILES string of the molecule is CC(C)CCCn1cncc1-c1cccc2c1NCC2. The van der Waals surface area contributed by atoms with Crippen LogP contribution in [0.15, 0.2) is 30.7 Å². The van der Waals surface area contributed by atoms with Crippen LogP contribution < -0.4 is 5.32 Å². The van der Waals surface area contributed by atoms with Gasteiger partial charge in [-0.1, -0.05) is 32.0 Å². The molecule has 0 fully saturated rings. The largest absolute Gasteiger partial charge is 0.384 e. The summed E-state index contributed by atoms with van der Waals surface area (Å²) in [5.41, 5.74) is 5.26.